The van der Waals surface area contributed by atoms with Crippen LogP contribution in [0.2, 0.25) is 5.02 Å². The van der Waals surface area contributed by atoms with Crippen LogP contribution in [-0.2, 0) is 17.6 Å². The quantitative estimate of drug-likeness (QED) is 0.907. The van der Waals surface area contributed by atoms with E-state index < -0.39 is 0 Å². The third kappa shape index (κ3) is 3.45. The molecule has 25 heavy (non-hydrogen) atoms. The monoisotopic (exact) mass is 357 g/mol. The molecule has 130 valence electrons. The fourth-order valence-electron chi connectivity index (χ4n) is 3.52. The molecule has 1 aliphatic heterocycles. The van der Waals surface area contributed by atoms with Gasteiger partial charge in [-0.3, -0.25) is 4.79 Å². The lowest BCUT2D eigenvalue weighted by Crippen LogP contribution is -2.28. The molecule has 1 heterocycles. The molecular formula is C20H20ClNO3. The molecule has 2 aromatic carbocycles. The summed E-state index contributed by atoms with van der Waals surface area (Å²) < 4.78 is 11.3. The third-order valence-corrected chi connectivity index (χ3v) is 4.98. The molecule has 1 aliphatic carbocycles. The van der Waals surface area contributed by atoms with Gasteiger partial charge in [-0.1, -0.05) is 35.9 Å². The Morgan fingerprint density at radius 2 is 2.04 bits per heavy atom. The van der Waals surface area contributed by atoms with Gasteiger partial charge in [0.15, 0.2) is 11.5 Å². The Morgan fingerprint density at radius 1 is 1.20 bits per heavy atom. The lowest BCUT2D eigenvalue weighted by atomic mass is 10.1. The van der Waals surface area contributed by atoms with Gasteiger partial charge in [-0.2, -0.15) is 0 Å². The number of amides is 1. The highest BCUT2D eigenvalue weighted by molar-refractivity contribution is 6.32. The van der Waals surface area contributed by atoms with E-state index in [1.165, 1.54) is 11.1 Å². The van der Waals surface area contributed by atoms with Gasteiger partial charge in [-0.05, 0) is 41.7 Å². The molecule has 4 rings (SSSR count). The Morgan fingerprint density at radius 3 is 2.96 bits per heavy atom. The van der Waals surface area contributed by atoms with Crippen LogP contribution in [0.15, 0.2) is 36.4 Å². The molecule has 4 nitrogen and oxygen atoms in total. The number of rotatable bonds is 3. The normalized spacial score (nSPS) is 18.4. The number of fused-ring (bicyclic) bond motifs is 2. The van der Waals surface area contributed by atoms with Crippen molar-refractivity contribution in [3.63, 3.8) is 0 Å². The highest BCUT2D eigenvalue weighted by Gasteiger charge is 2.24. The first-order valence-corrected chi connectivity index (χ1v) is 9.03. The molecule has 0 spiro atoms. The predicted molar refractivity (Wildman–Crippen MR) is 96.4 cm³/mol. The summed E-state index contributed by atoms with van der Waals surface area (Å²) in [6.45, 7) is 1.19. The first kappa shape index (κ1) is 16.3. The summed E-state index contributed by atoms with van der Waals surface area (Å²) in [5.74, 6) is 1.19. The van der Waals surface area contributed by atoms with Crippen molar-refractivity contribution in [3.8, 4) is 11.5 Å². The van der Waals surface area contributed by atoms with Crippen LogP contribution in [0.1, 0.15) is 35.6 Å². The zero-order valence-corrected chi connectivity index (χ0v) is 14.6. The van der Waals surface area contributed by atoms with E-state index in [9.17, 15) is 4.79 Å². The average Bonchev–Trinajstić information content (AvgIpc) is 2.84. The largest absolute Gasteiger partial charge is 0.489 e. The summed E-state index contributed by atoms with van der Waals surface area (Å²) in [5, 5.41) is 3.64. The van der Waals surface area contributed by atoms with Crippen LogP contribution in [0.4, 0.5) is 0 Å². The zero-order valence-electron chi connectivity index (χ0n) is 13.9. The Bertz CT molecular complexity index is 806. The van der Waals surface area contributed by atoms with Crippen molar-refractivity contribution in [3.05, 3.63) is 58.1 Å². The summed E-state index contributed by atoms with van der Waals surface area (Å²) in [7, 11) is 0. The second-order valence-corrected chi connectivity index (χ2v) is 6.90. The number of carbonyl (C=O) groups excluding carboxylic acids is 1. The second kappa shape index (κ2) is 6.96. The number of halogens is 1. The maximum atomic E-state index is 12.5. The van der Waals surface area contributed by atoms with Crippen molar-refractivity contribution >= 4 is 17.5 Å². The summed E-state index contributed by atoms with van der Waals surface area (Å²) in [6.07, 6.45) is 3.06. The number of nitrogens with one attached hydrogen (secondary N) is 1. The van der Waals surface area contributed by atoms with E-state index in [1.807, 2.05) is 18.2 Å². The van der Waals surface area contributed by atoms with Crippen LogP contribution >= 0.6 is 11.6 Å². The van der Waals surface area contributed by atoms with Gasteiger partial charge in [0.2, 0.25) is 5.91 Å². The van der Waals surface area contributed by atoms with Gasteiger partial charge in [0.1, 0.15) is 0 Å². The molecule has 1 N–H and O–H groups in total. The standard InChI is InChI=1S/C20H20ClNO3/c21-16-10-13(11-18-20(16)25-9-3-8-24-18)12-19(23)22-17-7-6-14-4-1-2-5-15(14)17/h1-2,4-5,10-11,17H,3,6-9,12H2,(H,22,23)/t17-/m0/s1. The van der Waals surface area contributed by atoms with Crippen LogP contribution in [0.5, 0.6) is 11.5 Å². The van der Waals surface area contributed by atoms with E-state index in [2.05, 4.69) is 17.4 Å². The van der Waals surface area contributed by atoms with Crippen molar-refractivity contribution < 1.29 is 14.3 Å². The van der Waals surface area contributed by atoms with Gasteiger partial charge in [0.25, 0.3) is 0 Å². The summed E-state index contributed by atoms with van der Waals surface area (Å²) >= 11 is 6.30. The van der Waals surface area contributed by atoms with Crippen LogP contribution in [0.3, 0.4) is 0 Å². The van der Waals surface area contributed by atoms with Gasteiger partial charge in [0, 0.05) is 6.42 Å². The Balaban J connectivity index is 1.47. The molecule has 5 heteroatoms. The van der Waals surface area contributed by atoms with E-state index in [0.29, 0.717) is 29.7 Å². The van der Waals surface area contributed by atoms with Gasteiger partial charge in [-0.25, -0.2) is 0 Å². The van der Waals surface area contributed by atoms with Crippen LogP contribution in [0, 0.1) is 0 Å². The van der Waals surface area contributed by atoms with Crippen molar-refractivity contribution in [1.29, 1.82) is 0 Å². The Labute approximate surface area is 152 Å². The molecule has 1 atom stereocenters. The molecule has 2 aromatic rings. The SMILES string of the molecule is O=C(Cc1cc(Cl)c2c(c1)OCCCO2)N[C@H]1CCc2ccccc21. The summed E-state index contributed by atoms with van der Waals surface area (Å²) in [6, 6.07) is 12.0. The summed E-state index contributed by atoms with van der Waals surface area (Å²) in [4.78, 5) is 12.5. The van der Waals surface area contributed by atoms with E-state index in [1.54, 1.807) is 6.07 Å². The molecule has 0 fully saturated rings. The molecular weight excluding hydrogens is 338 g/mol. The van der Waals surface area contributed by atoms with Crippen molar-refractivity contribution in [2.45, 2.75) is 31.7 Å². The minimum absolute atomic E-state index is 0.00717. The number of hydrogen-bond acceptors (Lipinski definition) is 3. The Kier molecular flexibility index (Phi) is 4.53. The lowest BCUT2D eigenvalue weighted by molar-refractivity contribution is -0.121. The Hall–Kier alpha value is -2.20. The number of benzene rings is 2. The van der Waals surface area contributed by atoms with Crippen LogP contribution in [0.25, 0.3) is 0 Å². The maximum Gasteiger partial charge on any atom is 0.224 e. The minimum atomic E-state index is -0.00717. The maximum absolute atomic E-state index is 12.5. The van der Waals surface area contributed by atoms with Gasteiger partial charge in [0.05, 0.1) is 30.7 Å². The van der Waals surface area contributed by atoms with Gasteiger partial charge in [-0.15, -0.1) is 0 Å². The predicted octanol–water partition coefficient (Wildman–Crippen LogP) is 3.85. The highest BCUT2D eigenvalue weighted by atomic mass is 35.5. The minimum Gasteiger partial charge on any atom is -0.489 e. The molecule has 0 radical (unpaired) electrons. The summed E-state index contributed by atoms with van der Waals surface area (Å²) in [5.41, 5.74) is 3.39. The average molecular weight is 358 g/mol. The molecule has 0 bridgehead atoms. The van der Waals surface area contributed by atoms with E-state index >= 15 is 0 Å². The zero-order chi connectivity index (χ0) is 17.2. The molecule has 0 saturated heterocycles. The van der Waals surface area contributed by atoms with Crippen molar-refractivity contribution in [2.75, 3.05) is 13.2 Å². The number of aryl methyl sites for hydroxylation is 1. The van der Waals surface area contributed by atoms with Gasteiger partial charge >= 0.3 is 0 Å². The molecule has 0 aromatic heterocycles. The number of hydrogen-bond donors (Lipinski definition) is 1. The smallest absolute Gasteiger partial charge is 0.224 e. The van der Waals surface area contributed by atoms with Crippen molar-refractivity contribution in [2.24, 2.45) is 0 Å². The van der Waals surface area contributed by atoms with Gasteiger partial charge < -0.3 is 14.8 Å². The van der Waals surface area contributed by atoms with E-state index in [-0.39, 0.29) is 18.4 Å². The molecule has 2 aliphatic rings. The number of carbonyl (C=O) groups is 1. The number of ether oxygens (including phenoxy) is 2. The molecule has 0 saturated carbocycles. The fourth-order valence-corrected chi connectivity index (χ4v) is 3.81. The van der Waals surface area contributed by atoms with Crippen LogP contribution in [-0.4, -0.2) is 19.1 Å². The molecule has 0 unspecified atom stereocenters. The van der Waals surface area contributed by atoms with Crippen LogP contribution < -0.4 is 14.8 Å². The second-order valence-electron chi connectivity index (χ2n) is 6.49. The lowest BCUT2D eigenvalue weighted by Gasteiger charge is -2.15. The van der Waals surface area contributed by atoms with E-state index in [4.69, 9.17) is 21.1 Å². The first-order valence-electron chi connectivity index (χ1n) is 8.66. The first-order chi connectivity index (χ1) is 12.2. The van der Waals surface area contributed by atoms with Crippen molar-refractivity contribution in [1.82, 2.24) is 5.32 Å². The molecule has 1 amide bonds. The van der Waals surface area contributed by atoms with E-state index in [0.717, 1.165) is 24.8 Å². The topological polar surface area (TPSA) is 47.6 Å². The fraction of sp³-hybridized carbons (Fsp3) is 0.350. The third-order valence-electron chi connectivity index (χ3n) is 4.69. The highest BCUT2D eigenvalue weighted by Crippen LogP contribution is 2.38.